The topological polar surface area (TPSA) is 38.3 Å². The Morgan fingerprint density at radius 3 is 2.81 bits per heavy atom. The molecule has 0 aliphatic carbocycles. The Balaban J connectivity index is 3.13. The van der Waals surface area contributed by atoms with Crippen molar-refractivity contribution in [2.24, 2.45) is 0 Å². The van der Waals surface area contributed by atoms with Crippen LogP contribution in [0.4, 0.5) is 4.39 Å². The van der Waals surface area contributed by atoms with Crippen LogP contribution in [-0.2, 0) is 11.3 Å². The Morgan fingerprint density at radius 1 is 1.56 bits per heavy atom. The molecule has 0 bridgehead atoms. The second kappa shape index (κ2) is 6.08. The Kier molecular flexibility index (Phi) is 5.05. The quantitative estimate of drug-likeness (QED) is 0.844. The van der Waals surface area contributed by atoms with Crippen LogP contribution in [0.5, 0.6) is 0 Å². The highest BCUT2D eigenvalue weighted by molar-refractivity contribution is 9.10. The van der Waals surface area contributed by atoms with Crippen LogP contribution in [0.2, 0.25) is 0 Å². The van der Waals surface area contributed by atoms with Gasteiger partial charge < -0.3 is 10.1 Å². The van der Waals surface area contributed by atoms with E-state index in [9.17, 15) is 9.18 Å². The van der Waals surface area contributed by atoms with Crippen molar-refractivity contribution in [1.82, 2.24) is 5.32 Å². The van der Waals surface area contributed by atoms with Crippen LogP contribution in [0.3, 0.4) is 0 Å². The van der Waals surface area contributed by atoms with E-state index in [4.69, 9.17) is 4.74 Å². The van der Waals surface area contributed by atoms with Gasteiger partial charge in [-0.3, -0.25) is 4.79 Å². The average molecular weight is 290 g/mol. The molecule has 0 atom stereocenters. The second-order valence-corrected chi connectivity index (χ2v) is 4.23. The van der Waals surface area contributed by atoms with Crippen LogP contribution in [0.25, 0.3) is 0 Å². The molecule has 5 heteroatoms. The zero-order valence-corrected chi connectivity index (χ0v) is 10.7. The molecule has 3 nitrogen and oxygen atoms in total. The summed E-state index contributed by atoms with van der Waals surface area (Å²) in [6, 6.07) is 3.09. The van der Waals surface area contributed by atoms with E-state index < -0.39 is 5.82 Å². The van der Waals surface area contributed by atoms with E-state index >= 15 is 0 Å². The van der Waals surface area contributed by atoms with Crippen LogP contribution >= 0.6 is 15.9 Å². The van der Waals surface area contributed by atoms with Crippen molar-refractivity contribution in [3.63, 3.8) is 0 Å². The lowest BCUT2D eigenvalue weighted by Crippen LogP contribution is -2.20. The van der Waals surface area contributed by atoms with Crippen molar-refractivity contribution < 1.29 is 13.9 Å². The Labute approximate surface area is 102 Å². The standard InChI is InChI=1S/C11H13BrFNO2/c1-14-5-10(15)9-4-8(12)3-7(6-16-2)11(9)13/h3-4,14H,5-6H2,1-2H3. The zero-order valence-electron chi connectivity index (χ0n) is 9.14. The highest BCUT2D eigenvalue weighted by Crippen LogP contribution is 2.21. The number of likely N-dealkylation sites (N-methyl/N-ethyl adjacent to an activating group) is 1. The molecule has 1 aromatic carbocycles. The number of benzene rings is 1. The first-order valence-electron chi connectivity index (χ1n) is 4.74. The summed E-state index contributed by atoms with van der Waals surface area (Å²) in [6.07, 6.45) is 0. The largest absolute Gasteiger partial charge is 0.380 e. The lowest BCUT2D eigenvalue weighted by atomic mass is 10.1. The Hall–Kier alpha value is -0.780. The monoisotopic (exact) mass is 289 g/mol. The molecule has 16 heavy (non-hydrogen) atoms. The molecule has 0 saturated heterocycles. The number of hydrogen-bond donors (Lipinski definition) is 1. The molecule has 0 fully saturated rings. The van der Waals surface area contributed by atoms with Gasteiger partial charge in [0.1, 0.15) is 5.82 Å². The highest BCUT2D eigenvalue weighted by atomic mass is 79.9. The minimum Gasteiger partial charge on any atom is -0.380 e. The fourth-order valence-corrected chi connectivity index (χ4v) is 1.87. The van der Waals surface area contributed by atoms with Gasteiger partial charge in [0.15, 0.2) is 5.78 Å². The van der Waals surface area contributed by atoms with E-state index in [0.29, 0.717) is 10.0 Å². The summed E-state index contributed by atoms with van der Waals surface area (Å²) in [5.74, 6) is -0.788. The Bertz CT molecular complexity index is 396. The molecule has 0 amide bonds. The molecule has 0 radical (unpaired) electrons. The number of ketones is 1. The van der Waals surface area contributed by atoms with Crippen LogP contribution in [0, 0.1) is 5.82 Å². The molecule has 0 unspecified atom stereocenters. The second-order valence-electron chi connectivity index (χ2n) is 3.31. The first-order chi connectivity index (χ1) is 7.60. The van der Waals surface area contributed by atoms with E-state index in [0.717, 1.165) is 0 Å². The van der Waals surface area contributed by atoms with Crippen LogP contribution in [-0.4, -0.2) is 26.5 Å². The Morgan fingerprint density at radius 2 is 2.25 bits per heavy atom. The highest BCUT2D eigenvalue weighted by Gasteiger charge is 2.15. The first kappa shape index (κ1) is 13.3. The number of ether oxygens (including phenoxy) is 1. The van der Waals surface area contributed by atoms with Crippen LogP contribution < -0.4 is 5.32 Å². The summed E-state index contributed by atoms with van der Waals surface area (Å²) in [5, 5.41) is 2.70. The third kappa shape index (κ3) is 3.10. The number of carbonyl (C=O) groups excluding carboxylic acids is 1. The normalized spacial score (nSPS) is 10.5. The summed E-state index contributed by atoms with van der Waals surface area (Å²) in [7, 11) is 3.12. The van der Waals surface area contributed by atoms with Crippen molar-refractivity contribution in [2.75, 3.05) is 20.7 Å². The summed E-state index contributed by atoms with van der Waals surface area (Å²) >= 11 is 3.24. The van der Waals surface area contributed by atoms with Crippen molar-refractivity contribution in [1.29, 1.82) is 0 Å². The van der Waals surface area contributed by atoms with Crippen molar-refractivity contribution >= 4 is 21.7 Å². The maximum absolute atomic E-state index is 13.9. The molecule has 1 N–H and O–H groups in total. The van der Waals surface area contributed by atoms with Gasteiger partial charge in [-0.05, 0) is 19.2 Å². The van der Waals surface area contributed by atoms with E-state index in [2.05, 4.69) is 21.2 Å². The fraction of sp³-hybridized carbons (Fsp3) is 0.364. The smallest absolute Gasteiger partial charge is 0.179 e. The molecular weight excluding hydrogens is 277 g/mol. The molecule has 0 aliphatic heterocycles. The number of carbonyl (C=O) groups is 1. The minimum atomic E-state index is -0.509. The molecular formula is C11H13BrFNO2. The van der Waals surface area contributed by atoms with Crippen molar-refractivity contribution in [3.05, 3.63) is 33.5 Å². The van der Waals surface area contributed by atoms with Gasteiger partial charge in [0.2, 0.25) is 0 Å². The van der Waals surface area contributed by atoms with Gasteiger partial charge in [-0.25, -0.2) is 4.39 Å². The van der Waals surface area contributed by atoms with Gasteiger partial charge in [0.25, 0.3) is 0 Å². The molecule has 0 heterocycles. The van der Waals surface area contributed by atoms with Crippen molar-refractivity contribution in [3.8, 4) is 0 Å². The lowest BCUT2D eigenvalue weighted by Gasteiger charge is -2.08. The van der Waals surface area contributed by atoms with E-state index in [-0.39, 0.29) is 24.5 Å². The first-order valence-corrected chi connectivity index (χ1v) is 5.54. The van der Waals surface area contributed by atoms with Crippen LogP contribution in [0.1, 0.15) is 15.9 Å². The minimum absolute atomic E-state index is 0.0794. The molecule has 1 aromatic rings. The maximum atomic E-state index is 13.9. The molecule has 1 rings (SSSR count). The van der Waals surface area contributed by atoms with Gasteiger partial charge in [-0.1, -0.05) is 15.9 Å². The predicted octanol–water partition coefficient (Wildman–Crippen LogP) is 2.14. The number of Topliss-reactive ketones (excluding diaryl/α,β-unsaturated/α-hetero) is 1. The molecule has 88 valence electrons. The summed E-state index contributed by atoms with van der Waals surface area (Å²) in [6.45, 7) is 0.255. The molecule has 0 aromatic heterocycles. The van der Waals surface area contributed by atoms with Crippen LogP contribution in [0.15, 0.2) is 16.6 Å². The van der Waals surface area contributed by atoms with Gasteiger partial charge in [0.05, 0.1) is 18.7 Å². The summed E-state index contributed by atoms with van der Waals surface area (Å²) < 4.78 is 19.4. The van der Waals surface area contributed by atoms with Crippen molar-refractivity contribution in [2.45, 2.75) is 6.61 Å². The number of halogens is 2. The van der Waals surface area contributed by atoms with Gasteiger partial charge >= 0.3 is 0 Å². The lowest BCUT2D eigenvalue weighted by molar-refractivity contribution is 0.0988. The van der Waals surface area contributed by atoms with Gasteiger partial charge in [-0.2, -0.15) is 0 Å². The third-order valence-electron chi connectivity index (χ3n) is 2.05. The van der Waals surface area contributed by atoms with Gasteiger partial charge in [-0.15, -0.1) is 0 Å². The fourth-order valence-electron chi connectivity index (χ4n) is 1.36. The number of nitrogens with one attached hydrogen (secondary N) is 1. The number of hydrogen-bond acceptors (Lipinski definition) is 3. The average Bonchev–Trinajstić information content (AvgIpc) is 2.23. The molecule has 0 spiro atoms. The predicted molar refractivity (Wildman–Crippen MR) is 63.1 cm³/mol. The zero-order chi connectivity index (χ0) is 12.1. The summed E-state index contributed by atoms with van der Waals surface area (Å²) in [5.41, 5.74) is 0.451. The van der Waals surface area contributed by atoms with Gasteiger partial charge in [0, 0.05) is 17.1 Å². The molecule has 0 saturated carbocycles. The SMILES string of the molecule is CNCC(=O)c1cc(Br)cc(COC)c1F. The number of rotatable bonds is 5. The maximum Gasteiger partial charge on any atom is 0.179 e. The van der Waals surface area contributed by atoms with E-state index in [1.807, 2.05) is 0 Å². The van der Waals surface area contributed by atoms with E-state index in [1.54, 1.807) is 13.1 Å². The van der Waals surface area contributed by atoms with E-state index in [1.165, 1.54) is 13.2 Å². The molecule has 0 aliphatic rings. The number of methoxy groups -OCH3 is 1. The summed E-state index contributed by atoms with van der Waals surface area (Å²) in [4.78, 5) is 11.6. The third-order valence-corrected chi connectivity index (χ3v) is 2.51.